The quantitative estimate of drug-likeness (QED) is 0.744. The molecular weight excluding hydrogens is 250 g/mol. The van der Waals surface area contributed by atoms with E-state index < -0.39 is 17.4 Å². The topological polar surface area (TPSA) is 95.4 Å². The van der Waals surface area contributed by atoms with Gasteiger partial charge in [0.15, 0.2) is 0 Å². The molecule has 1 aromatic heterocycles. The van der Waals surface area contributed by atoms with Gasteiger partial charge in [-0.3, -0.25) is 19.1 Å². The summed E-state index contributed by atoms with van der Waals surface area (Å²) < 4.78 is 1.35. The fraction of sp³-hybridized carbons (Fsp3) is 0.583. The van der Waals surface area contributed by atoms with Crippen LogP contribution >= 0.6 is 0 Å². The molecule has 0 radical (unpaired) electrons. The zero-order valence-electron chi connectivity index (χ0n) is 10.9. The predicted molar refractivity (Wildman–Crippen MR) is 67.7 cm³/mol. The molecule has 0 aromatic carbocycles. The Kier molecular flexibility index (Phi) is 3.57. The van der Waals surface area contributed by atoms with Crippen LogP contribution in [-0.2, 0) is 4.79 Å². The molecule has 1 aliphatic rings. The minimum atomic E-state index is -0.537. The summed E-state index contributed by atoms with van der Waals surface area (Å²) in [5, 5.41) is 9.28. The van der Waals surface area contributed by atoms with Gasteiger partial charge in [0.25, 0.3) is 5.56 Å². The zero-order chi connectivity index (χ0) is 14.2. The van der Waals surface area contributed by atoms with Crippen LogP contribution in [0.4, 0.5) is 0 Å². The molecule has 0 saturated carbocycles. The van der Waals surface area contributed by atoms with Crippen LogP contribution in [0.1, 0.15) is 31.5 Å². The van der Waals surface area contributed by atoms with Gasteiger partial charge in [0, 0.05) is 18.7 Å². The van der Waals surface area contributed by atoms with Crippen molar-refractivity contribution < 1.29 is 9.90 Å². The third kappa shape index (κ3) is 2.33. The molecule has 0 spiro atoms. The number of aromatic nitrogens is 2. The van der Waals surface area contributed by atoms with Crippen LogP contribution < -0.4 is 11.2 Å². The Bertz CT molecular complexity index is 604. The van der Waals surface area contributed by atoms with Crippen molar-refractivity contribution in [3.8, 4) is 0 Å². The first-order chi connectivity index (χ1) is 8.95. The molecule has 2 N–H and O–H groups in total. The highest BCUT2D eigenvalue weighted by Gasteiger charge is 2.36. The number of aromatic amines is 1. The van der Waals surface area contributed by atoms with Crippen LogP contribution in [0.2, 0.25) is 0 Å². The number of hydrogen-bond donors (Lipinski definition) is 2. The number of likely N-dealkylation sites (tertiary alicyclic amines) is 1. The summed E-state index contributed by atoms with van der Waals surface area (Å²) in [4.78, 5) is 38.6. The fourth-order valence-corrected chi connectivity index (χ4v) is 2.59. The number of hydrogen-bond acceptors (Lipinski definition) is 4. The van der Waals surface area contributed by atoms with Gasteiger partial charge >= 0.3 is 5.69 Å². The summed E-state index contributed by atoms with van der Waals surface area (Å²) in [6.07, 6.45) is 2.22. The van der Waals surface area contributed by atoms with Crippen LogP contribution in [0.25, 0.3) is 0 Å². The molecule has 1 saturated heterocycles. The molecule has 1 fully saturated rings. The molecule has 2 atom stereocenters. The van der Waals surface area contributed by atoms with E-state index >= 15 is 0 Å². The summed E-state index contributed by atoms with van der Waals surface area (Å²) in [6.45, 7) is 2.88. The monoisotopic (exact) mass is 267 g/mol. The molecule has 2 rings (SSSR count). The number of H-pyrrole nitrogens is 1. The second-order valence-electron chi connectivity index (χ2n) is 4.80. The molecule has 1 aliphatic heterocycles. The average Bonchev–Trinajstić information content (AvgIpc) is 2.77. The highest BCUT2D eigenvalue weighted by Crippen LogP contribution is 2.30. The van der Waals surface area contributed by atoms with Crippen LogP contribution in [0.3, 0.4) is 0 Å². The standard InChI is InChI=1S/C12H17N3O4/c1-7-5-14(12(19)13-11(7)18)10-4-3-9(6-16)15(10)8(2)17/h5,9-10,16H,3-4,6H2,1-2H3,(H,13,18,19)/t9-,10-/m0/s1. The average molecular weight is 267 g/mol. The van der Waals surface area contributed by atoms with E-state index in [-0.39, 0.29) is 18.6 Å². The molecule has 0 aliphatic carbocycles. The lowest BCUT2D eigenvalue weighted by molar-refractivity contribution is -0.134. The third-order valence-corrected chi connectivity index (χ3v) is 3.51. The second-order valence-corrected chi connectivity index (χ2v) is 4.80. The van der Waals surface area contributed by atoms with Gasteiger partial charge in [-0.15, -0.1) is 0 Å². The van der Waals surface area contributed by atoms with Crippen molar-refractivity contribution in [1.82, 2.24) is 14.5 Å². The lowest BCUT2D eigenvalue weighted by atomic mass is 10.2. The Morgan fingerprint density at radius 2 is 2.16 bits per heavy atom. The van der Waals surface area contributed by atoms with Gasteiger partial charge < -0.3 is 10.0 Å². The Morgan fingerprint density at radius 3 is 2.74 bits per heavy atom. The number of nitrogens with one attached hydrogen (secondary N) is 1. The molecule has 2 heterocycles. The lowest BCUT2D eigenvalue weighted by Gasteiger charge is -2.29. The highest BCUT2D eigenvalue weighted by atomic mass is 16.3. The molecule has 19 heavy (non-hydrogen) atoms. The molecule has 1 amide bonds. The van der Waals surface area contributed by atoms with Crippen LogP contribution in [-0.4, -0.2) is 38.1 Å². The molecule has 7 heteroatoms. The summed E-state index contributed by atoms with van der Waals surface area (Å²) >= 11 is 0. The van der Waals surface area contributed by atoms with E-state index in [0.29, 0.717) is 18.4 Å². The second kappa shape index (κ2) is 5.00. The van der Waals surface area contributed by atoms with Crippen LogP contribution in [0, 0.1) is 6.92 Å². The van der Waals surface area contributed by atoms with Crippen molar-refractivity contribution in [1.29, 1.82) is 0 Å². The van der Waals surface area contributed by atoms with Gasteiger partial charge in [0.05, 0.1) is 12.6 Å². The lowest BCUT2D eigenvalue weighted by Crippen LogP contribution is -2.44. The largest absolute Gasteiger partial charge is 0.394 e. The smallest absolute Gasteiger partial charge is 0.330 e. The van der Waals surface area contributed by atoms with Gasteiger partial charge in [-0.1, -0.05) is 0 Å². The number of aliphatic hydroxyl groups is 1. The summed E-state index contributed by atoms with van der Waals surface area (Å²) in [5.74, 6) is -0.197. The first kappa shape index (κ1) is 13.5. The predicted octanol–water partition coefficient (Wildman–Crippen LogP) is -0.653. The van der Waals surface area contributed by atoms with E-state index in [2.05, 4.69) is 4.98 Å². The van der Waals surface area contributed by atoms with Crippen LogP contribution in [0.5, 0.6) is 0 Å². The van der Waals surface area contributed by atoms with E-state index in [4.69, 9.17) is 0 Å². The van der Waals surface area contributed by atoms with E-state index in [9.17, 15) is 19.5 Å². The van der Waals surface area contributed by atoms with Crippen molar-refractivity contribution in [2.24, 2.45) is 0 Å². The van der Waals surface area contributed by atoms with E-state index in [0.717, 1.165) is 0 Å². The number of carbonyl (C=O) groups excluding carboxylic acids is 1. The molecule has 104 valence electrons. The molecule has 0 bridgehead atoms. The number of carbonyl (C=O) groups is 1. The minimum Gasteiger partial charge on any atom is -0.394 e. The maximum absolute atomic E-state index is 11.8. The third-order valence-electron chi connectivity index (χ3n) is 3.51. The normalized spacial score (nSPS) is 22.8. The first-order valence-corrected chi connectivity index (χ1v) is 6.17. The summed E-state index contributed by atoms with van der Waals surface area (Å²) in [7, 11) is 0. The Balaban J connectivity index is 2.47. The van der Waals surface area contributed by atoms with Crippen molar-refractivity contribution in [3.05, 3.63) is 32.6 Å². The maximum Gasteiger partial charge on any atom is 0.330 e. The van der Waals surface area contributed by atoms with Gasteiger partial charge in [-0.25, -0.2) is 4.79 Å². The minimum absolute atomic E-state index is 0.132. The number of nitrogens with zero attached hydrogens (tertiary/aromatic N) is 2. The Morgan fingerprint density at radius 1 is 1.47 bits per heavy atom. The SMILES string of the molecule is CC(=O)N1[C@H](CO)CC[C@H]1n1cc(C)c(=O)[nH]c1=O. The van der Waals surface area contributed by atoms with Crippen molar-refractivity contribution in [2.45, 2.75) is 38.9 Å². The summed E-state index contributed by atoms with van der Waals surface area (Å²) in [5.41, 5.74) is -0.548. The number of aryl methyl sites for hydroxylation is 1. The molecule has 7 nitrogen and oxygen atoms in total. The summed E-state index contributed by atoms with van der Waals surface area (Å²) in [6, 6.07) is -0.276. The zero-order valence-corrected chi connectivity index (χ0v) is 10.9. The van der Waals surface area contributed by atoms with E-state index in [1.54, 1.807) is 6.92 Å². The fourth-order valence-electron chi connectivity index (χ4n) is 2.59. The first-order valence-electron chi connectivity index (χ1n) is 6.17. The highest BCUT2D eigenvalue weighted by molar-refractivity contribution is 5.74. The van der Waals surface area contributed by atoms with Crippen LogP contribution in [0.15, 0.2) is 15.8 Å². The van der Waals surface area contributed by atoms with Gasteiger partial charge in [0.1, 0.15) is 6.17 Å². The van der Waals surface area contributed by atoms with E-state index in [1.807, 2.05) is 0 Å². The van der Waals surface area contributed by atoms with E-state index in [1.165, 1.54) is 22.6 Å². The maximum atomic E-state index is 11.8. The number of rotatable bonds is 2. The van der Waals surface area contributed by atoms with Crippen molar-refractivity contribution >= 4 is 5.91 Å². The number of amides is 1. The Hall–Kier alpha value is -1.89. The molecule has 0 unspecified atom stereocenters. The van der Waals surface area contributed by atoms with Gasteiger partial charge in [-0.2, -0.15) is 0 Å². The number of aliphatic hydroxyl groups excluding tert-OH is 1. The molecule has 1 aromatic rings. The van der Waals surface area contributed by atoms with Crippen molar-refractivity contribution in [2.75, 3.05) is 6.61 Å². The molecular formula is C12H17N3O4. The van der Waals surface area contributed by atoms with Gasteiger partial charge in [0.2, 0.25) is 5.91 Å². The van der Waals surface area contributed by atoms with Gasteiger partial charge in [-0.05, 0) is 19.8 Å². The Labute approximate surface area is 109 Å². The van der Waals surface area contributed by atoms with Crippen molar-refractivity contribution in [3.63, 3.8) is 0 Å².